The highest BCUT2D eigenvalue weighted by molar-refractivity contribution is 7.21. The average molecular weight is 549 g/mol. The zero-order valence-corrected chi connectivity index (χ0v) is 22.5. The maximum absolute atomic E-state index is 12.6. The number of hydrogen-bond acceptors (Lipinski definition) is 9. The van der Waals surface area contributed by atoms with Crippen molar-refractivity contribution in [3.8, 4) is 51.3 Å². The molecule has 10 nitrogen and oxygen atoms in total. The Morgan fingerprint density at radius 1 is 0.872 bits per heavy atom. The van der Waals surface area contributed by atoms with Gasteiger partial charge < -0.3 is 28.2 Å². The Kier molecular flexibility index (Phi) is 7.50. The van der Waals surface area contributed by atoms with E-state index in [2.05, 4.69) is 15.5 Å². The highest BCUT2D eigenvalue weighted by Crippen LogP contribution is 2.42. The number of para-hydroxylation sites is 1. The van der Waals surface area contributed by atoms with Crippen molar-refractivity contribution >= 4 is 32.6 Å². The zero-order valence-electron chi connectivity index (χ0n) is 21.7. The number of aromatic amines is 1. The van der Waals surface area contributed by atoms with Crippen LogP contribution in [0.3, 0.4) is 0 Å². The van der Waals surface area contributed by atoms with Crippen LogP contribution in [0.5, 0.6) is 28.7 Å². The molecule has 0 radical (unpaired) electrons. The highest BCUT2D eigenvalue weighted by atomic mass is 32.1. The molecule has 2 aromatic heterocycles. The Morgan fingerprint density at radius 2 is 1.59 bits per heavy atom. The molecule has 0 saturated carbocycles. The van der Waals surface area contributed by atoms with Crippen LogP contribution >= 0.6 is 11.3 Å². The summed E-state index contributed by atoms with van der Waals surface area (Å²) in [4.78, 5) is 15.8. The van der Waals surface area contributed by atoms with Gasteiger partial charge in [0.25, 0.3) is 0 Å². The number of ether oxygens (including phenoxy) is 5. The topological polar surface area (TPSA) is 115 Å². The second kappa shape index (κ2) is 11.3. The van der Waals surface area contributed by atoms with Crippen LogP contribution in [0.1, 0.15) is 0 Å². The number of methoxy groups -OCH3 is 4. The van der Waals surface area contributed by atoms with E-state index in [0.717, 1.165) is 15.8 Å². The minimum absolute atomic E-state index is 0.213. The van der Waals surface area contributed by atoms with Crippen LogP contribution in [-0.4, -0.2) is 46.1 Å². The van der Waals surface area contributed by atoms with Gasteiger partial charge in [-0.1, -0.05) is 17.3 Å². The molecule has 0 atom stereocenters. The van der Waals surface area contributed by atoms with Crippen LogP contribution in [0.4, 0.5) is 5.13 Å². The maximum atomic E-state index is 12.6. The number of rotatable bonds is 10. The van der Waals surface area contributed by atoms with Gasteiger partial charge in [0, 0.05) is 17.2 Å². The standard InChI is InChI=1S/C28H25N3O7S/c1-33-20-10-9-16(11-22(20)37-15-26(32)30-28-29-18-7-5-6-8-25(18)39-28)21-14-19(31-38-21)17-12-23(34-2)27(36-4)24(13-17)35-3/h5-14H,15H2,1-4H3,(H,29,30,32)/p+1. The van der Waals surface area contributed by atoms with E-state index in [1.807, 2.05) is 30.3 Å². The molecule has 1 amide bonds. The Balaban J connectivity index is 1.34. The summed E-state index contributed by atoms with van der Waals surface area (Å²) in [6.45, 7) is -0.213. The molecule has 11 heteroatoms. The van der Waals surface area contributed by atoms with Gasteiger partial charge in [0.1, 0.15) is 11.2 Å². The quantitative estimate of drug-likeness (QED) is 0.257. The summed E-state index contributed by atoms with van der Waals surface area (Å²) < 4.78 is 34.2. The first kappa shape index (κ1) is 25.9. The number of carbonyl (C=O) groups is 1. The third-order valence-electron chi connectivity index (χ3n) is 5.88. The smallest absolute Gasteiger partial charge is 0.345 e. The van der Waals surface area contributed by atoms with Crippen molar-refractivity contribution in [1.82, 2.24) is 5.16 Å². The fraction of sp³-hybridized carbons (Fsp3) is 0.179. The summed E-state index contributed by atoms with van der Waals surface area (Å²) in [5.74, 6) is 2.54. The van der Waals surface area contributed by atoms with E-state index in [-0.39, 0.29) is 12.5 Å². The Labute approximate surface area is 228 Å². The number of amides is 1. The molecule has 39 heavy (non-hydrogen) atoms. The van der Waals surface area contributed by atoms with Crippen molar-refractivity contribution in [2.75, 3.05) is 40.4 Å². The fourth-order valence-electron chi connectivity index (χ4n) is 4.00. The SMILES string of the molecule is COc1ccc(-c2cc(-c3cc(OC)c(OC)c(OC)c3)no2)cc1OCC(=O)Nc1[nH+]c2ccccc2s1. The molecular weight excluding hydrogens is 522 g/mol. The second-order valence-electron chi connectivity index (χ2n) is 8.25. The second-order valence-corrected chi connectivity index (χ2v) is 9.30. The lowest BCUT2D eigenvalue weighted by Gasteiger charge is -2.13. The Bertz CT molecular complexity index is 1570. The number of nitrogens with one attached hydrogen (secondary N) is 2. The van der Waals surface area contributed by atoms with Crippen molar-refractivity contribution < 1.29 is 38.0 Å². The monoisotopic (exact) mass is 548 g/mol. The van der Waals surface area contributed by atoms with E-state index >= 15 is 0 Å². The van der Waals surface area contributed by atoms with E-state index in [0.29, 0.717) is 50.9 Å². The molecule has 0 bridgehead atoms. The average Bonchev–Trinajstić information content (AvgIpc) is 3.62. The van der Waals surface area contributed by atoms with Gasteiger partial charge >= 0.3 is 11.0 Å². The van der Waals surface area contributed by atoms with Crippen LogP contribution in [0.25, 0.3) is 32.8 Å². The van der Waals surface area contributed by atoms with E-state index in [9.17, 15) is 4.79 Å². The first-order valence-electron chi connectivity index (χ1n) is 11.8. The predicted molar refractivity (Wildman–Crippen MR) is 146 cm³/mol. The van der Waals surface area contributed by atoms with Gasteiger partial charge in [-0.25, -0.2) is 9.78 Å². The largest absolute Gasteiger partial charge is 0.493 e. The maximum Gasteiger partial charge on any atom is 0.345 e. The van der Waals surface area contributed by atoms with E-state index in [1.54, 1.807) is 51.7 Å². The number of anilines is 1. The highest BCUT2D eigenvalue weighted by Gasteiger charge is 2.19. The predicted octanol–water partition coefficient (Wildman–Crippen LogP) is 5.09. The van der Waals surface area contributed by atoms with E-state index in [4.69, 9.17) is 28.2 Å². The molecule has 5 aromatic rings. The summed E-state index contributed by atoms with van der Waals surface area (Å²) in [5.41, 5.74) is 2.93. The van der Waals surface area contributed by atoms with Gasteiger partial charge in [-0.2, -0.15) is 5.32 Å². The fourth-order valence-corrected chi connectivity index (χ4v) is 4.92. The molecule has 5 rings (SSSR count). The lowest BCUT2D eigenvalue weighted by atomic mass is 10.1. The van der Waals surface area contributed by atoms with Crippen molar-refractivity contribution in [3.05, 3.63) is 60.7 Å². The lowest BCUT2D eigenvalue weighted by Crippen LogP contribution is -2.23. The minimum Gasteiger partial charge on any atom is -0.493 e. The number of fused-ring (bicyclic) bond motifs is 1. The summed E-state index contributed by atoms with van der Waals surface area (Å²) in [7, 11) is 6.18. The molecular formula is C28H26N3O7S+. The molecule has 0 aliphatic rings. The summed E-state index contributed by atoms with van der Waals surface area (Å²) in [6, 6.07) is 18.5. The van der Waals surface area contributed by atoms with E-state index < -0.39 is 0 Å². The van der Waals surface area contributed by atoms with Gasteiger partial charge in [-0.3, -0.25) is 0 Å². The molecule has 0 spiro atoms. The van der Waals surface area contributed by atoms with Gasteiger partial charge in [0.05, 0.1) is 33.1 Å². The number of H-pyrrole nitrogens is 1. The molecule has 0 fully saturated rings. The summed E-state index contributed by atoms with van der Waals surface area (Å²) in [6.07, 6.45) is 0. The van der Waals surface area contributed by atoms with Gasteiger partial charge in [0.2, 0.25) is 5.75 Å². The third-order valence-corrected chi connectivity index (χ3v) is 6.86. The normalized spacial score (nSPS) is 10.8. The Morgan fingerprint density at radius 3 is 2.28 bits per heavy atom. The van der Waals surface area contributed by atoms with Crippen LogP contribution in [0.2, 0.25) is 0 Å². The minimum atomic E-state index is -0.311. The van der Waals surface area contributed by atoms with E-state index in [1.165, 1.54) is 18.4 Å². The summed E-state index contributed by atoms with van der Waals surface area (Å²) in [5, 5.41) is 7.68. The number of carbonyl (C=O) groups excluding carboxylic acids is 1. The first-order valence-corrected chi connectivity index (χ1v) is 12.6. The first-order chi connectivity index (χ1) is 19.0. The van der Waals surface area contributed by atoms with Gasteiger partial charge in [-0.05, 0) is 53.8 Å². The van der Waals surface area contributed by atoms with Crippen LogP contribution in [0.15, 0.2) is 65.2 Å². The molecule has 0 unspecified atom stereocenters. The molecule has 0 aliphatic heterocycles. The van der Waals surface area contributed by atoms with Crippen molar-refractivity contribution in [2.24, 2.45) is 0 Å². The molecule has 2 heterocycles. The molecule has 200 valence electrons. The van der Waals surface area contributed by atoms with Crippen molar-refractivity contribution in [1.29, 1.82) is 0 Å². The number of thiazole rings is 1. The molecule has 3 aromatic carbocycles. The number of hydrogen-bond donors (Lipinski definition) is 1. The van der Waals surface area contributed by atoms with Gasteiger partial charge in [0.15, 0.2) is 35.4 Å². The number of nitrogens with zero attached hydrogens (tertiary/aromatic N) is 1. The van der Waals surface area contributed by atoms with Crippen LogP contribution < -0.4 is 34.0 Å². The zero-order chi connectivity index (χ0) is 27.4. The van der Waals surface area contributed by atoms with Crippen molar-refractivity contribution in [3.63, 3.8) is 0 Å². The Hall–Kier alpha value is -4.77. The lowest BCUT2D eigenvalue weighted by molar-refractivity contribution is -0.321. The van der Waals surface area contributed by atoms with Crippen molar-refractivity contribution in [2.45, 2.75) is 0 Å². The van der Waals surface area contributed by atoms with Gasteiger partial charge in [-0.15, -0.1) is 0 Å². The third kappa shape index (κ3) is 5.43. The molecule has 2 N–H and O–H groups in total. The van der Waals surface area contributed by atoms with Crippen LogP contribution in [0, 0.1) is 0 Å². The number of benzene rings is 3. The summed E-state index contributed by atoms with van der Waals surface area (Å²) >= 11 is 1.45. The molecule has 0 aliphatic carbocycles. The number of aromatic nitrogens is 2. The molecule has 0 saturated heterocycles. The van der Waals surface area contributed by atoms with Crippen LogP contribution in [-0.2, 0) is 4.79 Å².